The summed E-state index contributed by atoms with van der Waals surface area (Å²) in [5.41, 5.74) is 0.613. The number of benzene rings is 1. The molecule has 2 heterocycles. The number of rotatable bonds is 3. The van der Waals surface area contributed by atoms with Crippen LogP contribution >= 0.6 is 11.3 Å². The molecular weight excluding hydrogens is 346 g/mol. The van der Waals surface area contributed by atoms with Gasteiger partial charge in [0.2, 0.25) is 5.91 Å². The second kappa shape index (κ2) is 7.19. The number of amides is 1. The molecule has 0 unspecified atom stereocenters. The highest BCUT2D eigenvalue weighted by atomic mass is 32.1. The van der Waals surface area contributed by atoms with E-state index in [0.717, 1.165) is 46.2 Å². The SMILES string of the molecule is Cc1nn(CC(=O)NC2CCCCCC2)c(=O)c2c1sc1ccccc12. The molecular formula is C20H23N3O2S. The monoisotopic (exact) mass is 369 g/mol. The molecule has 26 heavy (non-hydrogen) atoms. The molecule has 4 rings (SSSR count). The van der Waals surface area contributed by atoms with Crippen LogP contribution in [0, 0.1) is 6.92 Å². The molecule has 1 fully saturated rings. The zero-order chi connectivity index (χ0) is 18.1. The molecule has 1 aliphatic carbocycles. The number of carbonyl (C=O) groups is 1. The number of aromatic nitrogens is 2. The van der Waals surface area contributed by atoms with Gasteiger partial charge < -0.3 is 5.32 Å². The van der Waals surface area contributed by atoms with Crippen molar-refractivity contribution in [3.63, 3.8) is 0 Å². The third-order valence-corrected chi connectivity index (χ3v) is 6.44. The van der Waals surface area contributed by atoms with Gasteiger partial charge in [-0.2, -0.15) is 5.10 Å². The fourth-order valence-electron chi connectivity index (χ4n) is 3.85. The molecule has 136 valence electrons. The van der Waals surface area contributed by atoms with Gasteiger partial charge in [-0.1, -0.05) is 43.9 Å². The molecule has 6 heteroatoms. The summed E-state index contributed by atoms with van der Waals surface area (Å²) >= 11 is 1.58. The van der Waals surface area contributed by atoms with E-state index in [4.69, 9.17) is 0 Å². The van der Waals surface area contributed by atoms with E-state index in [0.29, 0.717) is 5.39 Å². The zero-order valence-electron chi connectivity index (χ0n) is 15.0. The minimum absolute atomic E-state index is 0.0176. The van der Waals surface area contributed by atoms with Gasteiger partial charge in [0, 0.05) is 16.1 Å². The van der Waals surface area contributed by atoms with Crippen molar-refractivity contribution >= 4 is 37.4 Å². The Morgan fingerprint density at radius 2 is 1.96 bits per heavy atom. The molecule has 1 aliphatic rings. The second-order valence-corrected chi connectivity index (χ2v) is 8.16. The van der Waals surface area contributed by atoms with Gasteiger partial charge in [0.05, 0.1) is 15.8 Å². The molecule has 0 aliphatic heterocycles. The maximum atomic E-state index is 13.0. The van der Waals surface area contributed by atoms with E-state index < -0.39 is 0 Å². The van der Waals surface area contributed by atoms with Crippen LogP contribution < -0.4 is 10.9 Å². The van der Waals surface area contributed by atoms with Gasteiger partial charge in [0.15, 0.2) is 0 Å². The number of carbonyl (C=O) groups excluding carboxylic acids is 1. The summed E-state index contributed by atoms with van der Waals surface area (Å²) in [6, 6.07) is 8.12. The largest absolute Gasteiger partial charge is 0.352 e. The number of hydrogen-bond acceptors (Lipinski definition) is 4. The third-order valence-electron chi connectivity index (χ3n) is 5.16. The van der Waals surface area contributed by atoms with Crippen LogP contribution in [0.25, 0.3) is 20.2 Å². The van der Waals surface area contributed by atoms with Crippen LogP contribution in [0.3, 0.4) is 0 Å². The Kier molecular flexibility index (Phi) is 4.76. The van der Waals surface area contributed by atoms with E-state index in [1.165, 1.54) is 17.5 Å². The third kappa shape index (κ3) is 3.26. The van der Waals surface area contributed by atoms with Crippen LogP contribution in [0.4, 0.5) is 0 Å². The van der Waals surface area contributed by atoms with Crippen molar-refractivity contribution in [3.8, 4) is 0 Å². The number of thiophene rings is 1. The Balaban J connectivity index is 1.64. The van der Waals surface area contributed by atoms with Gasteiger partial charge in [-0.25, -0.2) is 4.68 Å². The second-order valence-electron chi connectivity index (χ2n) is 7.11. The van der Waals surface area contributed by atoms with E-state index in [2.05, 4.69) is 10.4 Å². The lowest BCUT2D eigenvalue weighted by atomic mass is 10.1. The molecule has 5 nitrogen and oxygen atoms in total. The van der Waals surface area contributed by atoms with Crippen LogP contribution in [0.15, 0.2) is 29.1 Å². The average molecular weight is 369 g/mol. The van der Waals surface area contributed by atoms with E-state index in [-0.39, 0.29) is 24.1 Å². The van der Waals surface area contributed by atoms with Gasteiger partial charge in [-0.15, -0.1) is 11.3 Å². The first-order valence-corrected chi connectivity index (χ1v) is 10.1. The molecule has 0 atom stereocenters. The van der Waals surface area contributed by atoms with Gasteiger partial charge in [0.25, 0.3) is 5.56 Å². The minimum atomic E-state index is -0.181. The van der Waals surface area contributed by atoms with E-state index >= 15 is 0 Å². The molecule has 0 bridgehead atoms. The topological polar surface area (TPSA) is 64.0 Å². The van der Waals surface area contributed by atoms with Crippen LogP contribution in [0.1, 0.15) is 44.2 Å². The first-order valence-electron chi connectivity index (χ1n) is 9.32. The van der Waals surface area contributed by atoms with E-state index in [1.54, 1.807) is 11.3 Å². The number of nitrogens with one attached hydrogen (secondary N) is 1. The molecule has 1 N–H and O–H groups in total. The fourth-order valence-corrected chi connectivity index (χ4v) is 4.99. The van der Waals surface area contributed by atoms with Gasteiger partial charge in [0.1, 0.15) is 6.54 Å². The number of hydrogen-bond donors (Lipinski definition) is 1. The zero-order valence-corrected chi connectivity index (χ0v) is 15.8. The van der Waals surface area contributed by atoms with Crippen molar-refractivity contribution < 1.29 is 4.79 Å². The minimum Gasteiger partial charge on any atom is -0.352 e. The maximum absolute atomic E-state index is 13.0. The normalized spacial score (nSPS) is 16.0. The summed E-state index contributed by atoms with van der Waals surface area (Å²) in [5.74, 6) is -0.121. The molecule has 0 radical (unpaired) electrons. The summed E-state index contributed by atoms with van der Waals surface area (Å²) in [4.78, 5) is 25.5. The molecule has 1 aromatic carbocycles. The van der Waals surface area contributed by atoms with Crippen molar-refractivity contribution in [2.45, 2.75) is 58.0 Å². The van der Waals surface area contributed by atoms with Crippen molar-refractivity contribution in [1.82, 2.24) is 15.1 Å². The smallest absolute Gasteiger partial charge is 0.276 e. The van der Waals surface area contributed by atoms with Crippen molar-refractivity contribution in [2.24, 2.45) is 0 Å². The Labute approximate surface area is 156 Å². The van der Waals surface area contributed by atoms with Crippen LogP contribution in [0.5, 0.6) is 0 Å². The first-order chi connectivity index (χ1) is 12.6. The van der Waals surface area contributed by atoms with Gasteiger partial charge in [-0.3, -0.25) is 9.59 Å². The lowest BCUT2D eigenvalue weighted by Crippen LogP contribution is -2.39. The molecule has 3 aromatic rings. The summed E-state index contributed by atoms with van der Waals surface area (Å²) in [5, 5.41) is 9.12. The Morgan fingerprint density at radius 1 is 1.23 bits per heavy atom. The number of nitrogens with zero attached hydrogens (tertiary/aromatic N) is 2. The first kappa shape index (κ1) is 17.2. The summed E-state index contributed by atoms with van der Waals surface area (Å²) < 4.78 is 3.31. The van der Waals surface area contributed by atoms with Gasteiger partial charge in [-0.05, 0) is 25.8 Å². The molecule has 1 saturated carbocycles. The van der Waals surface area contributed by atoms with Crippen molar-refractivity contribution in [3.05, 3.63) is 40.3 Å². The van der Waals surface area contributed by atoms with E-state index in [1.807, 2.05) is 31.2 Å². The predicted molar refractivity (Wildman–Crippen MR) is 106 cm³/mol. The lowest BCUT2D eigenvalue weighted by Gasteiger charge is -2.16. The van der Waals surface area contributed by atoms with E-state index in [9.17, 15) is 9.59 Å². The Hall–Kier alpha value is -2.21. The predicted octanol–water partition coefficient (Wildman–Crippen LogP) is 3.76. The highest BCUT2D eigenvalue weighted by Crippen LogP contribution is 2.32. The molecule has 1 amide bonds. The number of fused-ring (bicyclic) bond motifs is 3. The number of aryl methyl sites for hydroxylation is 1. The van der Waals surface area contributed by atoms with Crippen molar-refractivity contribution in [2.75, 3.05) is 0 Å². The lowest BCUT2D eigenvalue weighted by molar-refractivity contribution is -0.122. The fraction of sp³-hybridized carbons (Fsp3) is 0.450. The quantitative estimate of drug-likeness (QED) is 0.715. The summed E-state index contributed by atoms with van der Waals surface area (Å²) in [6.45, 7) is 1.88. The van der Waals surface area contributed by atoms with Crippen LogP contribution in [-0.2, 0) is 11.3 Å². The molecule has 2 aromatic heterocycles. The molecule has 0 saturated heterocycles. The van der Waals surface area contributed by atoms with Crippen molar-refractivity contribution in [1.29, 1.82) is 0 Å². The maximum Gasteiger partial charge on any atom is 0.276 e. The highest BCUT2D eigenvalue weighted by Gasteiger charge is 2.18. The van der Waals surface area contributed by atoms with Gasteiger partial charge >= 0.3 is 0 Å². The average Bonchev–Trinajstić information content (AvgIpc) is 2.84. The van der Waals surface area contributed by atoms with Crippen LogP contribution in [-0.4, -0.2) is 21.7 Å². The summed E-state index contributed by atoms with van der Waals surface area (Å²) in [6.07, 6.45) is 6.87. The Morgan fingerprint density at radius 3 is 2.73 bits per heavy atom. The van der Waals surface area contributed by atoms with Crippen LogP contribution in [0.2, 0.25) is 0 Å². The molecule has 0 spiro atoms. The standard InChI is InChI=1S/C20H23N3O2S/c1-13-19-18(15-10-6-7-11-16(15)26-19)20(25)23(22-13)12-17(24)21-14-8-4-2-3-5-9-14/h6-7,10-11,14H,2-5,8-9,12H2,1H3,(H,21,24). The summed E-state index contributed by atoms with van der Waals surface area (Å²) in [7, 11) is 0. The highest BCUT2D eigenvalue weighted by molar-refractivity contribution is 7.26. The Bertz CT molecular complexity index is 1010.